The Morgan fingerprint density at radius 3 is 1.38 bits per heavy atom. The Bertz CT molecular complexity index is 539. The lowest BCUT2D eigenvalue weighted by Crippen LogP contribution is -2.41. The van der Waals surface area contributed by atoms with Crippen molar-refractivity contribution < 1.29 is 24.5 Å². The number of rotatable bonds is 3. The van der Waals surface area contributed by atoms with Gasteiger partial charge < -0.3 is 5.11 Å². The highest BCUT2D eigenvalue weighted by atomic mass is 16.6. The van der Waals surface area contributed by atoms with Gasteiger partial charge in [0, 0.05) is 0 Å². The molecule has 1 rings (SSSR count). The van der Waals surface area contributed by atoms with Crippen LogP contribution in [0.4, 0.5) is 17.1 Å². The van der Waals surface area contributed by atoms with E-state index in [1.54, 1.807) is 0 Å². The normalized spacial score (nSPS) is 10.3. The van der Waals surface area contributed by atoms with E-state index in [9.17, 15) is 35.4 Å². The van der Waals surface area contributed by atoms with Gasteiger partial charge in [-0.05, 0) is 0 Å². The molecule has 0 atom stereocenters. The van der Waals surface area contributed by atoms with E-state index < -0.39 is 37.6 Å². The highest BCUT2D eigenvalue weighted by Crippen LogP contribution is 2.36. The number of nitrogens with two attached hydrogens (primary N) is 1. The summed E-state index contributed by atoms with van der Waals surface area (Å²) in [5.74, 6) is 3.83. The van der Waals surface area contributed by atoms with Crippen LogP contribution in [-0.2, 0) is 0 Å². The Labute approximate surface area is 118 Å². The molecule has 0 fully saturated rings. The summed E-state index contributed by atoms with van der Waals surface area (Å²) in [6.45, 7) is 0. The standard InChI is InChI=1S/C6H3N3O7.C3H11N2/c10-6-4(8(13)14)1-3(7(11)12)2-5(6)9(15)16;1-5(2,3)4/h1-2,10H;4H2,1-3H3/q;+1/p-1. The van der Waals surface area contributed by atoms with Crippen LogP contribution in [0, 0.1) is 30.3 Å². The quantitative estimate of drug-likeness (QED) is 0.352. The molecule has 12 heteroatoms. The summed E-state index contributed by atoms with van der Waals surface area (Å²) in [5, 5.41) is 42.1. The van der Waals surface area contributed by atoms with Gasteiger partial charge in [0.25, 0.3) is 17.1 Å². The summed E-state index contributed by atoms with van der Waals surface area (Å²) in [6.07, 6.45) is 0. The van der Waals surface area contributed by atoms with Gasteiger partial charge in [-0.3, -0.25) is 34.9 Å². The zero-order valence-corrected chi connectivity index (χ0v) is 11.4. The molecule has 0 radical (unpaired) electrons. The number of benzene rings is 1. The molecule has 0 aromatic heterocycles. The second-order valence-corrected chi connectivity index (χ2v) is 4.70. The fourth-order valence-electron chi connectivity index (χ4n) is 0.961. The Morgan fingerprint density at radius 1 is 0.905 bits per heavy atom. The van der Waals surface area contributed by atoms with Gasteiger partial charge in [0.2, 0.25) is 0 Å². The monoisotopic (exact) mass is 303 g/mol. The van der Waals surface area contributed by atoms with E-state index in [4.69, 9.17) is 5.84 Å². The van der Waals surface area contributed by atoms with Gasteiger partial charge in [0.05, 0.1) is 53.8 Å². The van der Waals surface area contributed by atoms with Gasteiger partial charge >= 0.3 is 0 Å². The molecule has 1 aromatic rings. The summed E-state index contributed by atoms with van der Waals surface area (Å²) in [5.41, 5.74) is -3.26. The van der Waals surface area contributed by atoms with Crippen LogP contribution in [0.3, 0.4) is 0 Å². The largest absolute Gasteiger partial charge is 0.863 e. The second kappa shape index (κ2) is 6.53. The maximum Gasteiger partial charge on any atom is 0.283 e. The first-order valence-electron chi connectivity index (χ1n) is 5.22. The van der Waals surface area contributed by atoms with Crippen LogP contribution in [0.1, 0.15) is 0 Å². The Morgan fingerprint density at radius 2 is 1.19 bits per heavy atom. The molecule has 0 spiro atoms. The van der Waals surface area contributed by atoms with Crippen LogP contribution in [0.2, 0.25) is 0 Å². The molecule has 2 N–H and O–H groups in total. The molecule has 12 nitrogen and oxygen atoms in total. The molecule has 0 bridgehead atoms. The third-order valence-electron chi connectivity index (χ3n) is 1.64. The number of hydrogen-bond acceptors (Lipinski definition) is 8. The lowest BCUT2D eigenvalue weighted by Gasteiger charge is -2.12. The van der Waals surface area contributed by atoms with E-state index in [2.05, 4.69) is 0 Å². The predicted molar refractivity (Wildman–Crippen MR) is 68.1 cm³/mol. The van der Waals surface area contributed by atoms with Gasteiger partial charge in [0.15, 0.2) is 0 Å². The minimum atomic E-state index is -1.46. The van der Waals surface area contributed by atoms with Gasteiger partial charge in [-0.25, -0.2) is 0 Å². The molecule has 0 saturated heterocycles. The molecule has 116 valence electrons. The van der Waals surface area contributed by atoms with Crippen molar-refractivity contribution in [1.29, 1.82) is 0 Å². The maximum atomic E-state index is 11.1. The first-order chi connectivity index (χ1) is 9.34. The van der Waals surface area contributed by atoms with Crippen molar-refractivity contribution in [3.8, 4) is 5.75 Å². The van der Waals surface area contributed by atoms with Crippen molar-refractivity contribution in [3.63, 3.8) is 0 Å². The average molecular weight is 303 g/mol. The van der Waals surface area contributed by atoms with Crippen molar-refractivity contribution in [2.24, 2.45) is 5.84 Å². The summed E-state index contributed by atoms with van der Waals surface area (Å²) >= 11 is 0. The topological polar surface area (TPSA) is 178 Å². The highest BCUT2D eigenvalue weighted by molar-refractivity contribution is 5.63. The Kier molecular flexibility index (Phi) is 5.64. The molecule has 0 aliphatic carbocycles. The summed E-state index contributed by atoms with van der Waals surface area (Å²) in [4.78, 5) is 27.5. The number of non-ortho nitro benzene ring substituents is 1. The van der Waals surface area contributed by atoms with Crippen LogP contribution >= 0.6 is 0 Å². The molecule has 0 heterocycles. The van der Waals surface area contributed by atoms with Crippen LogP contribution in [-0.4, -0.2) is 40.5 Å². The molecule has 0 amide bonds. The predicted octanol–water partition coefficient (Wildman–Crippen LogP) is 0.0511. The van der Waals surface area contributed by atoms with Crippen LogP contribution in [0.15, 0.2) is 12.1 Å². The smallest absolute Gasteiger partial charge is 0.283 e. The van der Waals surface area contributed by atoms with Crippen molar-refractivity contribution in [2.75, 3.05) is 21.1 Å². The lowest BCUT2D eigenvalue weighted by atomic mass is 10.2. The minimum absolute atomic E-state index is 0.384. The van der Waals surface area contributed by atoms with Crippen molar-refractivity contribution in [2.45, 2.75) is 0 Å². The molecule has 0 aliphatic rings. The zero-order chi connectivity index (χ0) is 17.0. The molecule has 0 saturated carbocycles. The summed E-state index contributed by atoms with van der Waals surface area (Å²) in [6, 6.07) is 0.769. The lowest BCUT2D eigenvalue weighted by molar-refractivity contribution is -0.882. The van der Waals surface area contributed by atoms with E-state index >= 15 is 0 Å². The average Bonchev–Trinajstić information content (AvgIpc) is 2.25. The summed E-state index contributed by atoms with van der Waals surface area (Å²) in [7, 11) is 5.71. The SMILES string of the molecule is C[N+](C)(C)N.O=[N+]([O-])c1cc([N+](=O)[O-])c([O-])c([N+](=O)[O-])c1. The van der Waals surface area contributed by atoms with Gasteiger partial charge in [-0.2, -0.15) is 5.84 Å². The van der Waals surface area contributed by atoms with E-state index in [0.717, 1.165) is 0 Å². The third kappa shape index (κ3) is 6.22. The van der Waals surface area contributed by atoms with E-state index in [0.29, 0.717) is 16.7 Å². The second-order valence-electron chi connectivity index (χ2n) is 4.70. The summed E-state index contributed by atoms with van der Waals surface area (Å²) < 4.78 is 0.500. The van der Waals surface area contributed by atoms with Crippen LogP contribution < -0.4 is 10.9 Å². The molecular formula is C9H13N5O7. The maximum absolute atomic E-state index is 11.1. The van der Waals surface area contributed by atoms with Crippen molar-refractivity contribution >= 4 is 17.1 Å². The fourth-order valence-corrected chi connectivity index (χ4v) is 0.961. The number of quaternary nitrogens is 1. The van der Waals surface area contributed by atoms with Crippen molar-refractivity contribution in [3.05, 3.63) is 42.5 Å². The number of nitrogens with zero attached hydrogens (tertiary/aromatic N) is 4. The minimum Gasteiger partial charge on any atom is -0.863 e. The highest BCUT2D eigenvalue weighted by Gasteiger charge is 2.24. The molecule has 0 aliphatic heterocycles. The third-order valence-corrected chi connectivity index (χ3v) is 1.64. The first-order valence-corrected chi connectivity index (χ1v) is 5.22. The van der Waals surface area contributed by atoms with Gasteiger partial charge in [0.1, 0.15) is 0 Å². The number of nitro groups is 3. The molecular weight excluding hydrogens is 290 g/mol. The fraction of sp³-hybridized carbons (Fsp3) is 0.333. The van der Waals surface area contributed by atoms with Gasteiger partial charge in [-0.1, -0.05) is 0 Å². The zero-order valence-electron chi connectivity index (χ0n) is 11.4. The van der Waals surface area contributed by atoms with Gasteiger partial charge in [-0.15, -0.1) is 0 Å². The van der Waals surface area contributed by atoms with E-state index in [1.165, 1.54) is 0 Å². The Balaban J connectivity index is 0.000000690. The van der Waals surface area contributed by atoms with E-state index in [1.807, 2.05) is 21.1 Å². The molecule has 21 heavy (non-hydrogen) atoms. The molecule has 0 unspecified atom stereocenters. The van der Waals surface area contributed by atoms with Crippen molar-refractivity contribution in [1.82, 2.24) is 0 Å². The van der Waals surface area contributed by atoms with Crippen LogP contribution in [0.5, 0.6) is 5.75 Å². The van der Waals surface area contributed by atoms with E-state index in [-0.39, 0.29) is 0 Å². The van der Waals surface area contributed by atoms with Crippen LogP contribution in [0.25, 0.3) is 0 Å². The number of nitro benzene ring substituents is 3. The first kappa shape index (κ1) is 18.1. The number of hydrogen-bond donors (Lipinski definition) is 1. The molecule has 1 aromatic carbocycles. The Hall–Kier alpha value is -2.86.